The maximum absolute atomic E-state index is 7.32. The van der Waals surface area contributed by atoms with Crippen molar-refractivity contribution in [3.8, 4) is 33.8 Å². The van der Waals surface area contributed by atoms with Crippen molar-refractivity contribution in [2.75, 3.05) is 0 Å². The van der Waals surface area contributed by atoms with Gasteiger partial charge in [-0.3, -0.25) is 0 Å². The quantitative estimate of drug-likeness (QED) is 0.166. The van der Waals surface area contributed by atoms with Gasteiger partial charge in [0.05, 0.1) is 0 Å². The van der Waals surface area contributed by atoms with Gasteiger partial charge < -0.3 is 4.74 Å². The normalized spacial score (nSPS) is 12.7. The molecule has 0 aromatic heterocycles. The fraction of sp³-hybridized carbons (Fsp3) is 0.0182. The molecule has 12 rings (SSSR count). The molecule has 1 nitrogen and oxygen atoms in total. The third-order valence-corrected chi connectivity index (χ3v) is 12.2. The van der Waals surface area contributed by atoms with E-state index in [4.69, 9.17) is 4.74 Å². The van der Waals surface area contributed by atoms with Gasteiger partial charge in [-0.15, -0.1) is 0 Å². The number of rotatable bonds is 3. The van der Waals surface area contributed by atoms with E-state index in [1.807, 2.05) is 0 Å². The molecule has 56 heavy (non-hydrogen) atoms. The van der Waals surface area contributed by atoms with E-state index in [0.717, 1.165) is 22.3 Å². The highest BCUT2D eigenvalue weighted by Gasteiger charge is 2.35. The van der Waals surface area contributed by atoms with Gasteiger partial charge in [0, 0.05) is 27.8 Å². The summed E-state index contributed by atoms with van der Waals surface area (Å²) in [6.45, 7) is 0. The summed E-state index contributed by atoms with van der Waals surface area (Å²) in [4.78, 5) is 0. The Kier molecular flexibility index (Phi) is 6.76. The van der Waals surface area contributed by atoms with E-state index < -0.39 is 0 Å². The van der Waals surface area contributed by atoms with Crippen molar-refractivity contribution < 1.29 is 4.74 Å². The van der Waals surface area contributed by atoms with Crippen LogP contribution < -0.4 is 4.74 Å². The van der Waals surface area contributed by atoms with Gasteiger partial charge in [-0.2, -0.15) is 0 Å². The maximum atomic E-state index is 7.32. The van der Waals surface area contributed by atoms with Gasteiger partial charge in [0.1, 0.15) is 11.5 Å². The van der Waals surface area contributed by atoms with Crippen LogP contribution in [-0.4, -0.2) is 0 Å². The Bertz CT molecular complexity index is 3250. The second-order valence-corrected chi connectivity index (χ2v) is 15.0. The lowest BCUT2D eigenvalue weighted by Gasteiger charge is -2.33. The summed E-state index contributed by atoms with van der Waals surface area (Å²) in [5, 5.41) is 14.7. The second-order valence-electron chi connectivity index (χ2n) is 15.0. The zero-order valence-electron chi connectivity index (χ0n) is 30.5. The smallest absolute Gasteiger partial charge is 0.140 e. The van der Waals surface area contributed by atoms with Gasteiger partial charge in [0.2, 0.25) is 0 Å². The number of fused-ring (bicyclic) bond motifs is 15. The number of ether oxygens (including phenoxy) is 1. The molecular weight excluding hydrogens is 677 g/mol. The molecule has 0 radical (unpaired) electrons. The van der Waals surface area contributed by atoms with E-state index in [2.05, 4.69) is 200 Å². The maximum Gasteiger partial charge on any atom is 0.140 e. The molecule has 11 aromatic carbocycles. The minimum atomic E-state index is -0.0752. The Morgan fingerprint density at radius 3 is 0.982 bits per heavy atom. The molecule has 1 heteroatoms. The van der Waals surface area contributed by atoms with Crippen LogP contribution in [0.1, 0.15) is 22.6 Å². The van der Waals surface area contributed by atoms with Gasteiger partial charge in [0.25, 0.3) is 0 Å². The molecule has 0 spiro atoms. The second kappa shape index (κ2) is 12.1. The lowest BCUT2D eigenvalue weighted by atomic mass is 9.76. The van der Waals surface area contributed by atoms with E-state index in [9.17, 15) is 0 Å². The van der Waals surface area contributed by atoms with Gasteiger partial charge in [-0.25, -0.2) is 0 Å². The van der Waals surface area contributed by atoms with Crippen LogP contribution in [0.2, 0.25) is 0 Å². The molecule has 0 N–H and O–H groups in total. The van der Waals surface area contributed by atoms with Crippen LogP contribution >= 0.6 is 0 Å². The largest absolute Gasteiger partial charge is 0.455 e. The molecule has 1 heterocycles. The third kappa shape index (κ3) is 4.43. The van der Waals surface area contributed by atoms with E-state index in [0.29, 0.717) is 0 Å². The first-order valence-electron chi connectivity index (χ1n) is 19.5. The summed E-state index contributed by atoms with van der Waals surface area (Å²) >= 11 is 0. The lowest BCUT2D eigenvalue weighted by molar-refractivity contribution is 0.467. The number of hydrogen-bond donors (Lipinski definition) is 0. The minimum absolute atomic E-state index is 0.0752. The molecular formula is C55H34O. The first-order chi connectivity index (χ1) is 27.8. The Hall–Kier alpha value is -7.22. The van der Waals surface area contributed by atoms with E-state index >= 15 is 0 Å². The molecule has 0 unspecified atom stereocenters. The molecule has 0 aliphatic carbocycles. The van der Waals surface area contributed by atoms with Gasteiger partial charge in [-0.05, 0) is 81.7 Å². The van der Waals surface area contributed by atoms with Crippen molar-refractivity contribution in [3.05, 3.63) is 217 Å². The highest BCUT2D eigenvalue weighted by atomic mass is 16.5. The van der Waals surface area contributed by atoms with Gasteiger partial charge in [-0.1, -0.05) is 200 Å². The summed E-state index contributed by atoms with van der Waals surface area (Å²) in [5.74, 6) is 1.83. The predicted octanol–water partition coefficient (Wildman–Crippen LogP) is 15.2. The van der Waals surface area contributed by atoms with Crippen molar-refractivity contribution >= 4 is 64.6 Å². The molecule has 11 aromatic rings. The summed E-state index contributed by atoms with van der Waals surface area (Å²) in [7, 11) is 0. The van der Waals surface area contributed by atoms with Crippen LogP contribution in [0.15, 0.2) is 200 Å². The van der Waals surface area contributed by atoms with E-state index in [1.165, 1.54) is 92.8 Å². The van der Waals surface area contributed by atoms with Crippen molar-refractivity contribution in [2.24, 2.45) is 0 Å². The topological polar surface area (TPSA) is 9.23 Å². The average molecular weight is 711 g/mol. The molecule has 1 aliphatic heterocycles. The Balaban J connectivity index is 1.18. The molecule has 0 atom stereocenters. The number of benzene rings is 11. The molecule has 260 valence electrons. The summed E-state index contributed by atoms with van der Waals surface area (Å²) in [6.07, 6.45) is 0. The molecule has 1 aliphatic rings. The fourth-order valence-electron chi connectivity index (χ4n) is 9.83. The van der Waals surface area contributed by atoms with Crippen LogP contribution in [0, 0.1) is 0 Å². The molecule has 0 saturated heterocycles. The molecule has 0 bridgehead atoms. The van der Waals surface area contributed by atoms with Gasteiger partial charge in [0.15, 0.2) is 0 Å². The molecule has 0 fully saturated rings. The lowest BCUT2D eigenvalue weighted by Crippen LogP contribution is -2.14. The fourth-order valence-corrected chi connectivity index (χ4v) is 9.83. The van der Waals surface area contributed by atoms with Crippen LogP contribution in [-0.2, 0) is 0 Å². The van der Waals surface area contributed by atoms with E-state index in [1.54, 1.807) is 0 Å². The monoisotopic (exact) mass is 710 g/mol. The zero-order chi connectivity index (χ0) is 36.7. The summed E-state index contributed by atoms with van der Waals surface area (Å²) < 4.78 is 7.32. The van der Waals surface area contributed by atoms with Crippen molar-refractivity contribution in [1.82, 2.24) is 0 Å². The summed E-state index contributed by atoms with van der Waals surface area (Å²) in [5.41, 5.74) is 8.64. The van der Waals surface area contributed by atoms with Crippen LogP contribution in [0.25, 0.3) is 86.9 Å². The summed E-state index contributed by atoms with van der Waals surface area (Å²) in [6, 6.07) is 73.3. The Morgan fingerprint density at radius 2 is 0.554 bits per heavy atom. The predicted molar refractivity (Wildman–Crippen MR) is 236 cm³/mol. The van der Waals surface area contributed by atoms with E-state index in [-0.39, 0.29) is 5.92 Å². The van der Waals surface area contributed by atoms with Crippen LogP contribution in [0.5, 0.6) is 11.5 Å². The van der Waals surface area contributed by atoms with Crippen LogP contribution in [0.3, 0.4) is 0 Å². The van der Waals surface area contributed by atoms with Crippen molar-refractivity contribution in [3.63, 3.8) is 0 Å². The van der Waals surface area contributed by atoms with Crippen molar-refractivity contribution in [1.29, 1.82) is 0 Å². The molecule has 0 amide bonds. The Morgan fingerprint density at radius 1 is 0.250 bits per heavy atom. The first kappa shape index (κ1) is 31.2. The van der Waals surface area contributed by atoms with Crippen molar-refractivity contribution in [2.45, 2.75) is 5.92 Å². The number of hydrogen-bond acceptors (Lipinski definition) is 1. The highest BCUT2D eigenvalue weighted by Crippen LogP contribution is 2.57. The SMILES string of the molecule is c1ccc(-c2c(-c3ccc(C4c5c(c6ccccc6c6ccccc56)Oc5c4c4ccccc4c4ccccc54)cc3)c3ccccc3c3ccccc23)cc1. The minimum Gasteiger partial charge on any atom is -0.455 e. The zero-order valence-corrected chi connectivity index (χ0v) is 30.5. The average Bonchev–Trinajstić information content (AvgIpc) is 3.28. The molecule has 0 saturated carbocycles. The van der Waals surface area contributed by atoms with Gasteiger partial charge >= 0.3 is 0 Å². The third-order valence-electron chi connectivity index (χ3n) is 12.2. The van der Waals surface area contributed by atoms with Crippen LogP contribution in [0.4, 0.5) is 0 Å². The standard InChI is InChI=1S/C55H34O/c1-2-16-34(17-3-1)49-43-24-10-4-18-37(43)38-19-5-11-25-44(38)50(49)35-30-32-36(33-31-35)51-52-45-26-12-6-20-39(45)41-22-8-14-28-47(41)54(52)56-55-48-29-15-9-23-42(48)40-21-7-13-27-46(40)53(51)55/h1-33,51H. The first-order valence-corrected chi connectivity index (χ1v) is 19.5. The highest BCUT2D eigenvalue weighted by molar-refractivity contribution is 6.22. The Labute approximate surface area is 324 Å².